The summed E-state index contributed by atoms with van der Waals surface area (Å²) in [5.74, 6) is -1.79. The van der Waals surface area contributed by atoms with Crippen molar-refractivity contribution in [1.82, 2.24) is 5.32 Å². The molecule has 4 aromatic rings. The summed E-state index contributed by atoms with van der Waals surface area (Å²) in [6.45, 7) is 1.40. The highest BCUT2D eigenvalue weighted by molar-refractivity contribution is 5.95. The van der Waals surface area contributed by atoms with Crippen molar-refractivity contribution in [2.45, 2.75) is 32.0 Å². The van der Waals surface area contributed by atoms with E-state index in [1.165, 1.54) is 19.2 Å². The molecular formula is C34H36N4O8. The van der Waals surface area contributed by atoms with E-state index < -0.39 is 29.9 Å². The summed E-state index contributed by atoms with van der Waals surface area (Å²) in [5.41, 5.74) is 8.75. The number of rotatable bonds is 13. The molecule has 0 saturated heterocycles. The lowest BCUT2D eigenvalue weighted by atomic mass is 10.0. The van der Waals surface area contributed by atoms with Gasteiger partial charge in [0.25, 0.3) is 5.97 Å². The van der Waals surface area contributed by atoms with E-state index in [-0.39, 0.29) is 18.0 Å². The molecule has 0 saturated carbocycles. The van der Waals surface area contributed by atoms with Crippen LogP contribution in [-0.2, 0) is 27.4 Å². The van der Waals surface area contributed by atoms with Crippen LogP contribution in [0, 0.1) is 5.41 Å². The summed E-state index contributed by atoms with van der Waals surface area (Å²) in [5, 5.41) is 40.3. The third-order valence-corrected chi connectivity index (χ3v) is 6.52. The molecule has 46 heavy (non-hydrogen) atoms. The molecule has 240 valence electrons. The average molecular weight is 629 g/mol. The first kappa shape index (κ1) is 34.5. The summed E-state index contributed by atoms with van der Waals surface area (Å²) in [4.78, 5) is 34.8. The number of aliphatic carboxylic acids is 2. The number of carbonyl (C=O) groups excluding carboxylic acids is 1. The molecule has 4 rings (SSSR count). The van der Waals surface area contributed by atoms with Gasteiger partial charge >= 0.3 is 5.97 Å². The van der Waals surface area contributed by atoms with E-state index in [1.807, 2.05) is 30.3 Å². The van der Waals surface area contributed by atoms with E-state index in [2.05, 4.69) is 10.6 Å². The van der Waals surface area contributed by atoms with Gasteiger partial charge in [0.2, 0.25) is 5.91 Å². The summed E-state index contributed by atoms with van der Waals surface area (Å²) in [6.07, 6.45) is 0.0109. The van der Waals surface area contributed by atoms with Crippen molar-refractivity contribution in [3.63, 3.8) is 0 Å². The zero-order valence-corrected chi connectivity index (χ0v) is 25.3. The third-order valence-electron chi connectivity index (χ3n) is 6.52. The maximum absolute atomic E-state index is 13.7. The Morgan fingerprint density at radius 3 is 2.07 bits per heavy atom. The van der Waals surface area contributed by atoms with E-state index in [4.69, 9.17) is 30.5 Å². The van der Waals surface area contributed by atoms with Gasteiger partial charge < -0.3 is 41.2 Å². The highest BCUT2D eigenvalue weighted by Crippen LogP contribution is 2.32. The number of phenolic OH excluding ortho intramolecular Hbond substituents is 1. The molecule has 12 heteroatoms. The van der Waals surface area contributed by atoms with Gasteiger partial charge in [-0.25, -0.2) is 4.79 Å². The Morgan fingerprint density at radius 1 is 0.870 bits per heavy atom. The number of nitrogens with two attached hydrogens (primary N) is 1. The predicted octanol–water partition coefficient (Wildman–Crippen LogP) is 4.32. The fourth-order valence-corrected chi connectivity index (χ4v) is 4.25. The Balaban J connectivity index is 0.00000136. The van der Waals surface area contributed by atoms with Gasteiger partial charge in [-0.1, -0.05) is 48.5 Å². The van der Waals surface area contributed by atoms with Crippen LogP contribution in [0.15, 0.2) is 97.1 Å². The van der Waals surface area contributed by atoms with E-state index in [1.54, 1.807) is 54.6 Å². The number of methoxy groups -OCH3 is 1. The molecule has 0 aromatic heterocycles. The molecule has 0 heterocycles. The zero-order valence-electron chi connectivity index (χ0n) is 25.3. The number of amidine groups is 1. The molecule has 0 bridgehead atoms. The molecule has 4 aromatic carbocycles. The Bertz CT molecular complexity index is 1620. The second kappa shape index (κ2) is 16.7. The number of carbonyl (C=O) groups is 3. The minimum atomic E-state index is -1.23. The lowest BCUT2D eigenvalue weighted by Crippen LogP contribution is -2.45. The molecule has 0 unspecified atom stereocenters. The number of phenols is 1. The van der Waals surface area contributed by atoms with Gasteiger partial charge in [0.15, 0.2) is 11.5 Å². The van der Waals surface area contributed by atoms with E-state index in [0.29, 0.717) is 40.5 Å². The van der Waals surface area contributed by atoms with Gasteiger partial charge in [0.05, 0.1) is 7.11 Å². The van der Waals surface area contributed by atoms with Gasteiger partial charge in [-0.3, -0.25) is 15.0 Å². The molecule has 0 radical (unpaired) electrons. The fourth-order valence-electron chi connectivity index (χ4n) is 4.25. The molecule has 12 nitrogen and oxygen atoms in total. The lowest BCUT2D eigenvalue weighted by Gasteiger charge is -2.24. The van der Waals surface area contributed by atoms with Crippen LogP contribution in [0.3, 0.4) is 0 Å². The molecule has 8 N–H and O–H groups in total. The monoisotopic (exact) mass is 628 g/mol. The van der Waals surface area contributed by atoms with E-state index >= 15 is 0 Å². The number of amides is 1. The van der Waals surface area contributed by atoms with Gasteiger partial charge in [-0.15, -0.1) is 0 Å². The van der Waals surface area contributed by atoms with Crippen molar-refractivity contribution < 1.29 is 39.2 Å². The van der Waals surface area contributed by atoms with Gasteiger partial charge in [-0.2, -0.15) is 0 Å². The van der Waals surface area contributed by atoms with Crippen LogP contribution in [-0.4, -0.2) is 52.2 Å². The first-order valence-electron chi connectivity index (χ1n) is 14.0. The summed E-state index contributed by atoms with van der Waals surface area (Å²) < 4.78 is 11.5. The van der Waals surface area contributed by atoms with Crippen LogP contribution in [0.4, 0.5) is 5.69 Å². The van der Waals surface area contributed by atoms with E-state index in [0.717, 1.165) is 12.5 Å². The molecule has 0 fully saturated rings. The summed E-state index contributed by atoms with van der Waals surface area (Å²) in [7, 11) is 1.50. The SMILES string of the molecule is CC(=O)O.COc1cc([C@@H](Nc2ccc(C(=N)N)cc2)C(=O)N[C@@H](Cc2ccc(O)cc2)C(=O)O)ccc1OCc1ccccc1. The minimum Gasteiger partial charge on any atom is -0.508 e. The first-order valence-corrected chi connectivity index (χ1v) is 14.0. The van der Waals surface area contributed by atoms with Gasteiger partial charge in [-0.05, 0) is 65.2 Å². The summed E-state index contributed by atoms with van der Waals surface area (Å²) in [6, 6.07) is 25.2. The topological polar surface area (TPSA) is 204 Å². The van der Waals surface area contributed by atoms with Crippen LogP contribution in [0.1, 0.15) is 35.2 Å². The Kier molecular flexibility index (Phi) is 12.5. The van der Waals surface area contributed by atoms with Crippen LogP contribution in [0.2, 0.25) is 0 Å². The van der Waals surface area contributed by atoms with Gasteiger partial charge in [0.1, 0.15) is 30.3 Å². The standard InChI is InChI=1S/C32H32N4O6.C2H4O2/c1-41-28-18-23(11-16-27(28)42-19-21-5-3-2-4-6-21)29(35-24-12-9-22(10-13-24)30(33)34)31(38)36-26(32(39)40)17-20-7-14-25(37)15-8-20;1-2(3)4/h2-16,18,26,29,35,37H,17,19H2,1H3,(H3,33,34)(H,36,38)(H,39,40);1H3,(H,3,4)/t26-,29+;/m0./s1. The van der Waals surface area contributed by atoms with Crippen molar-refractivity contribution in [2.75, 3.05) is 12.4 Å². The number of benzene rings is 4. The lowest BCUT2D eigenvalue weighted by molar-refractivity contribution is -0.142. The number of hydrogen-bond acceptors (Lipinski definition) is 8. The van der Waals surface area contributed by atoms with Crippen LogP contribution in [0.5, 0.6) is 17.2 Å². The van der Waals surface area contributed by atoms with Crippen molar-refractivity contribution >= 4 is 29.4 Å². The van der Waals surface area contributed by atoms with Crippen molar-refractivity contribution in [3.8, 4) is 17.2 Å². The Morgan fingerprint density at radius 2 is 1.50 bits per heavy atom. The molecule has 0 aliphatic rings. The zero-order chi connectivity index (χ0) is 33.6. The smallest absolute Gasteiger partial charge is 0.326 e. The largest absolute Gasteiger partial charge is 0.508 e. The Labute approximate surface area is 265 Å². The number of aromatic hydroxyl groups is 1. The molecule has 0 aliphatic heterocycles. The highest BCUT2D eigenvalue weighted by Gasteiger charge is 2.28. The fraction of sp³-hybridized carbons (Fsp3) is 0.176. The Hall–Kier alpha value is -6.04. The van der Waals surface area contributed by atoms with Gasteiger partial charge in [0, 0.05) is 24.6 Å². The number of hydrogen-bond donors (Lipinski definition) is 7. The normalized spacial score (nSPS) is 11.5. The maximum Gasteiger partial charge on any atom is 0.326 e. The number of carboxylic acids is 2. The van der Waals surface area contributed by atoms with Crippen LogP contribution >= 0.6 is 0 Å². The van der Waals surface area contributed by atoms with Crippen molar-refractivity contribution in [2.24, 2.45) is 5.73 Å². The number of nitrogen functional groups attached to an aromatic ring is 1. The first-order chi connectivity index (χ1) is 22.0. The quantitative estimate of drug-likeness (QED) is 0.0825. The van der Waals surface area contributed by atoms with Crippen LogP contribution in [0.25, 0.3) is 0 Å². The van der Waals surface area contributed by atoms with E-state index in [9.17, 15) is 19.8 Å². The minimum absolute atomic E-state index is 0.0109. The molecule has 1 amide bonds. The third kappa shape index (κ3) is 10.6. The molecule has 0 aliphatic carbocycles. The summed E-state index contributed by atoms with van der Waals surface area (Å²) >= 11 is 0. The number of anilines is 1. The molecular weight excluding hydrogens is 592 g/mol. The van der Waals surface area contributed by atoms with Crippen molar-refractivity contribution in [3.05, 3.63) is 119 Å². The highest BCUT2D eigenvalue weighted by atomic mass is 16.5. The predicted molar refractivity (Wildman–Crippen MR) is 172 cm³/mol. The van der Waals surface area contributed by atoms with Crippen molar-refractivity contribution in [1.29, 1.82) is 5.41 Å². The number of nitrogens with one attached hydrogen (secondary N) is 3. The number of ether oxygens (including phenoxy) is 2. The maximum atomic E-state index is 13.7. The second-order valence-corrected chi connectivity index (χ2v) is 10.0. The second-order valence-electron chi connectivity index (χ2n) is 10.0. The average Bonchev–Trinajstić information content (AvgIpc) is 3.03. The molecule has 0 spiro atoms. The molecule has 2 atom stereocenters. The van der Waals surface area contributed by atoms with Crippen LogP contribution < -0.4 is 25.8 Å². The number of carboxylic acid groups (broad SMARTS) is 2.